The van der Waals surface area contributed by atoms with Crippen molar-refractivity contribution in [3.63, 3.8) is 0 Å². The van der Waals surface area contributed by atoms with Crippen LogP contribution in [-0.2, 0) is 19.4 Å². The highest BCUT2D eigenvalue weighted by Crippen LogP contribution is 2.29. The van der Waals surface area contributed by atoms with E-state index in [1.165, 1.54) is 6.07 Å². The highest BCUT2D eigenvalue weighted by atomic mass is 19.1. The largest absolute Gasteiger partial charge is 0.497 e. The Morgan fingerprint density at radius 2 is 2.00 bits per heavy atom. The monoisotopic (exact) mass is 395 g/mol. The fourth-order valence-electron chi connectivity index (χ4n) is 3.70. The molecule has 1 amide bonds. The third-order valence-electron chi connectivity index (χ3n) is 5.16. The number of ether oxygens (including phenoxy) is 2. The molecule has 4 rings (SSSR count). The molecule has 150 valence electrons. The lowest BCUT2D eigenvalue weighted by molar-refractivity contribution is 0.0944. The zero-order chi connectivity index (χ0) is 20.4. The first kappa shape index (κ1) is 19.0. The zero-order valence-corrected chi connectivity index (χ0v) is 16.4. The average molecular weight is 395 g/mol. The summed E-state index contributed by atoms with van der Waals surface area (Å²) in [7, 11) is 3.16. The van der Waals surface area contributed by atoms with Gasteiger partial charge in [0.15, 0.2) is 5.69 Å². The lowest BCUT2D eigenvalue weighted by atomic mass is 10.1. The number of amides is 1. The second-order valence-corrected chi connectivity index (χ2v) is 6.85. The van der Waals surface area contributed by atoms with E-state index in [1.54, 1.807) is 43.2 Å². The highest BCUT2D eigenvalue weighted by molar-refractivity contribution is 5.94. The summed E-state index contributed by atoms with van der Waals surface area (Å²) in [5, 5.41) is 7.37. The van der Waals surface area contributed by atoms with Gasteiger partial charge in [-0.1, -0.05) is 12.1 Å². The van der Waals surface area contributed by atoms with Gasteiger partial charge in [-0.3, -0.25) is 4.79 Å². The molecule has 0 atom stereocenters. The van der Waals surface area contributed by atoms with E-state index in [9.17, 15) is 9.18 Å². The van der Waals surface area contributed by atoms with Gasteiger partial charge < -0.3 is 14.8 Å². The van der Waals surface area contributed by atoms with Gasteiger partial charge in [0, 0.05) is 29.4 Å². The topological polar surface area (TPSA) is 65.4 Å². The molecule has 29 heavy (non-hydrogen) atoms. The van der Waals surface area contributed by atoms with Crippen molar-refractivity contribution in [1.82, 2.24) is 15.1 Å². The van der Waals surface area contributed by atoms with E-state index in [2.05, 4.69) is 10.4 Å². The molecule has 0 saturated carbocycles. The van der Waals surface area contributed by atoms with Crippen LogP contribution in [0.4, 0.5) is 4.39 Å². The van der Waals surface area contributed by atoms with Gasteiger partial charge in [-0.15, -0.1) is 0 Å². The Bertz CT molecular complexity index is 1060. The molecule has 3 aromatic rings. The number of hydrogen-bond acceptors (Lipinski definition) is 4. The predicted octanol–water partition coefficient (Wildman–Crippen LogP) is 3.45. The minimum Gasteiger partial charge on any atom is -0.497 e. The van der Waals surface area contributed by atoms with E-state index >= 15 is 0 Å². The standard InChI is InChI=1S/C22H22FN3O3/c1-28-15-11-10-14(20(12-15)29-2)13-24-22(27)21-16-6-5-9-18(16)26(25-21)19-8-4-3-7-17(19)23/h3-4,7-8,10-12H,5-6,9,13H2,1-2H3,(H,24,27). The molecule has 0 unspecified atom stereocenters. The molecule has 2 aromatic carbocycles. The first-order valence-corrected chi connectivity index (χ1v) is 9.47. The number of carbonyl (C=O) groups excluding carboxylic acids is 1. The third kappa shape index (κ3) is 3.55. The minimum atomic E-state index is -0.361. The van der Waals surface area contributed by atoms with Gasteiger partial charge in [0.1, 0.15) is 23.0 Å². The van der Waals surface area contributed by atoms with Crippen LogP contribution < -0.4 is 14.8 Å². The van der Waals surface area contributed by atoms with Gasteiger partial charge in [-0.2, -0.15) is 5.10 Å². The second-order valence-electron chi connectivity index (χ2n) is 6.85. The number of hydrogen-bond donors (Lipinski definition) is 1. The number of nitrogens with one attached hydrogen (secondary N) is 1. The Morgan fingerprint density at radius 3 is 2.76 bits per heavy atom. The van der Waals surface area contributed by atoms with Crippen molar-refractivity contribution in [2.45, 2.75) is 25.8 Å². The maximum Gasteiger partial charge on any atom is 0.272 e. The van der Waals surface area contributed by atoms with Crippen molar-refractivity contribution in [2.24, 2.45) is 0 Å². The summed E-state index contributed by atoms with van der Waals surface area (Å²) < 4.78 is 26.4. The van der Waals surface area contributed by atoms with Crippen molar-refractivity contribution in [1.29, 1.82) is 0 Å². The number of para-hydroxylation sites is 1. The summed E-state index contributed by atoms with van der Waals surface area (Å²) in [6.45, 7) is 0.285. The van der Waals surface area contributed by atoms with Crippen LogP contribution in [0.15, 0.2) is 42.5 Å². The number of carbonyl (C=O) groups is 1. The van der Waals surface area contributed by atoms with Gasteiger partial charge in [0.25, 0.3) is 5.91 Å². The minimum absolute atomic E-state index is 0.281. The van der Waals surface area contributed by atoms with E-state index in [0.29, 0.717) is 22.9 Å². The van der Waals surface area contributed by atoms with Gasteiger partial charge in [0.05, 0.1) is 14.2 Å². The number of fused-ring (bicyclic) bond motifs is 1. The number of methoxy groups -OCH3 is 2. The molecule has 1 aliphatic carbocycles. The van der Waals surface area contributed by atoms with Crippen molar-refractivity contribution in [2.75, 3.05) is 14.2 Å². The van der Waals surface area contributed by atoms with Crippen LogP contribution in [0.25, 0.3) is 5.69 Å². The van der Waals surface area contributed by atoms with Gasteiger partial charge >= 0.3 is 0 Å². The summed E-state index contributed by atoms with van der Waals surface area (Å²) in [6.07, 6.45) is 2.46. The fourth-order valence-corrected chi connectivity index (χ4v) is 3.70. The first-order chi connectivity index (χ1) is 14.1. The zero-order valence-electron chi connectivity index (χ0n) is 16.4. The van der Waals surface area contributed by atoms with Crippen LogP contribution in [0.3, 0.4) is 0 Å². The van der Waals surface area contributed by atoms with Crippen LogP contribution in [-0.4, -0.2) is 29.9 Å². The predicted molar refractivity (Wildman–Crippen MR) is 106 cm³/mol. The second kappa shape index (κ2) is 7.95. The molecular formula is C22H22FN3O3. The van der Waals surface area contributed by atoms with Crippen LogP contribution in [0.2, 0.25) is 0 Å². The van der Waals surface area contributed by atoms with Crippen LogP contribution in [0.5, 0.6) is 11.5 Å². The summed E-state index contributed by atoms with van der Waals surface area (Å²) in [5.74, 6) is 0.667. The normalized spacial score (nSPS) is 12.5. The molecule has 7 heteroatoms. The average Bonchev–Trinajstić information content (AvgIpc) is 3.35. The third-order valence-corrected chi connectivity index (χ3v) is 5.16. The summed E-state index contributed by atoms with van der Waals surface area (Å²) in [5.41, 5.74) is 3.34. The van der Waals surface area contributed by atoms with E-state index in [4.69, 9.17) is 9.47 Å². The van der Waals surface area contributed by atoms with Gasteiger partial charge in [-0.05, 0) is 43.5 Å². The number of benzene rings is 2. The maximum atomic E-state index is 14.3. The Labute approximate surface area is 168 Å². The van der Waals surface area contributed by atoms with Crippen molar-refractivity contribution in [3.05, 3.63) is 70.8 Å². The molecule has 1 aromatic heterocycles. The van der Waals surface area contributed by atoms with Gasteiger partial charge in [-0.25, -0.2) is 9.07 Å². The van der Waals surface area contributed by atoms with Crippen molar-refractivity contribution < 1.29 is 18.7 Å². The molecule has 0 fully saturated rings. The van der Waals surface area contributed by atoms with E-state index in [-0.39, 0.29) is 18.3 Å². The quantitative estimate of drug-likeness (QED) is 0.694. The van der Waals surface area contributed by atoms with Crippen LogP contribution >= 0.6 is 0 Å². The molecule has 6 nitrogen and oxygen atoms in total. The number of rotatable bonds is 6. The highest BCUT2D eigenvalue weighted by Gasteiger charge is 2.27. The lowest BCUT2D eigenvalue weighted by Gasteiger charge is -2.11. The summed E-state index contributed by atoms with van der Waals surface area (Å²) >= 11 is 0. The Kier molecular flexibility index (Phi) is 5.20. The Morgan fingerprint density at radius 1 is 1.17 bits per heavy atom. The van der Waals surface area contributed by atoms with E-state index in [1.807, 2.05) is 12.1 Å². The van der Waals surface area contributed by atoms with Crippen LogP contribution in [0, 0.1) is 5.82 Å². The van der Waals surface area contributed by atoms with Crippen molar-refractivity contribution in [3.8, 4) is 17.2 Å². The molecule has 0 bridgehead atoms. The fraction of sp³-hybridized carbons (Fsp3) is 0.273. The molecule has 0 spiro atoms. The molecule has 1 N–H and O–H groups in total. The number of halogens is 1. The SMILES string of the molecule is COc1ccc(CNC(=O)c2nn(-c3ccccc3F)c3c2CCC3)c(OC)c1. The van der Waals surface area contributed by atoms with E-state index < -0.39 is 0 Å². The van der Waals surface area contributed by atoms with Crippen LogP contribution in [0.1, 0.15) is 33.7 Å². The summed E-state index contributed by atoms with van der Waals surface area (Å²) in [4.78, 5) is 12.9. The summed E-state index contributed by atoms with van der Waals surface area (Å²) in [6, 6.07) is 11.9. The Balaban J connectivity index is 1.59. The molecule has 0 saturated heterocycles. The van der Waals surface area contributed by atoms with Gasteiger partial charge in [0.2, 0.25) is 0 Å². The molecule has 1 aliphatic rings. The maximum absolute atomic E-state index is 14.3. The number of nitrogens with zero attached hydrogens (tertiary/aromatic N) is 2. The van der Waals surface area contributed by atoms with E-state index in [0.717, 1.165) is 36.1 Å². The van der Waals surface area contributed by atoms with Crippen molar-refractivity contribution >= 4 is 5.91 Å². The molecule has 1 heterocycles. The first-order valence-electron chi connectivity index (χ1n) is 9.47. The number of aromatic nitrogens is 2. The molecule has 0 aliphatic heterocycles. The molecular weight excluding hydrogens is 373 g/mol. The lowest BCUT2D eigenvalue weighted by Crippen LogP contribution is -2.24. The Hall–Kier alpha value is -3.35. The smallest absolute Gasteiger partial charge is 0.272 e. The molecule has 0 radical (unpaired) electrons.